The zero-order valence-electron chi connectivity index (χ0n) is 11.9. The van der Waals surface area contributed by atoms with Gasteiger partial charge in [0.1, 0.15) is 23.2 Å². The first-order valence-corrected chi connectivity index (χ1v) is 6.58. The minimum Gasteiger partial charge on any atom is -0.438 e. The normalized spacial score (nSPS) is 10.6. The molecule has 0 saturated heterocycles. The summed E-state index contributed by atoms with van der Waals surface area (Å²) in [5.74, 6) is 1.77. The Morgan fingerprint density at radius 2 is 2.00 bits per heavy atom. The molecule has 0 atom stereocenters. The number of anilines is 1. The molecule has 0 amide bonds. The minimum atomic E-state index is -0.291. The highest BCUT2D eigenvalue weighted by atomic mass is 19.1. The van der Waals surface area contributed by atoms with Gasteiger partial charge in [-0.25, -0.2) is 9.37 Å². The molecule has 0 aliphatic carbocycles. The fourth-order valence-corrected chi connectivity index (χ4v) is 1.82. The molecule has 20 heavy (non-hydrogen) atoms. The average Bonchev–Trinajstić information content (AvgIpc) is 2.39. The van der Waals surface area contributed by atoms with Gasteiger partial charge in [-0.1, -0.05) is 6.92 Å². The first-order chi connectivity index (χ1) is 9.51. The van der Waals surface area contributed by atoms with Crippen molar-refractivity contribution in [3.05, 3.63) is 41.0 Å². The van der Waals surface area contributed by atoms with E-state index < -0.39 is 0 Å². The quantitative estimate of drug-likeness (QED) is 0.926. The van der Waals surface area contributed by atoms with Gasteiger partial charge in [-0.2, -0.15) is 4.98 Å². The Kier molecular flexibility index (Phi) is 4.17. The van der Waals surface area contributed by atoms with Crippen LogP contribution in [-0.4, -0.2) is 9.97 Å². The van der Waals surface area contributed by atoms with Gasteiger partial charge in [0.05, 0.1) is 5.56 Å². The van der Waals surface area contributed by atoms with Crippen molar-refractivity contribution in [1.29, 1.82) is 0 Å². The summed E-state index contributed by atoms with van der Waals surface area (Å²) < 4.78 is 18.9. The van der Waals surface area contributed by atoms with Crippen LogP contribution in [-0.2, 0) is 6.42 Å². The zero-order valence-corrected chi connectivity index (χ0v) is 11.9. The molecule has 2 aromatic rings. The molecule has 0 spiro atoms. The fraction of sp³-hybridized carbons (Fsp3) is 0.333. The number of aromatic nitrogens is 2. The first-order valence-electron chi connectivity index (χ1n) is 6.58. The van der Waals surface area contributed by atoms with Crippen molar-refractivity contribution in [2.24, 2.45) is 0 Å². The summed E-state index contributed by atoms with van der Waals surface area (Å²) in [6.45, 7) is 5.63. The molecule has 1 heterocycles. The Labute approximate surface area is 117 Å². The molecule has 0 unspecified atom stereocenters. The zero-order chi connectivity index (χ0) is 14.7. The van der Waals surface area contributed by atoms with Crippen molar-refractivity contribution in [3.63, 3.8) is 0 Å². The molecule has 0 aliphatic rings. The highest BCUT2D eigenvalue weighted by Crippen LogP contribution is 2.28. The van der Waals surface area contributed by atoms with Crippen LogP contribution in [0, 0.1) is 19.7 Å². The number of hydrogen-bond acceptors (Lipinski definition) is 4. The predicted molar refractivity (Wildman–Crippen MR) is 76.4 cm³/mol. The van der Waals surface area contributed by atoms with Gasteiger partial charge in [-0.05, 0) is 44.0 Å². The number of aryl methyl sites for hydroxylation is 2. The largest absolute Gasteiger partial charge is 0.438 e. The molecule has 0 bridgehead atoms. The van der Waals surface area contributed by atoms with E-state index in [9.17, 15) is 4.39 Å². The Hall–Kier alpha value is -2.17. The summed E-state index contributed by atoms with van der Waals surface area (Å²) in [5, 5.41) is 0. The molecular formula is C15H18FN3O. The second-order valence-electron chi connectivity index (χ2n) is 4.72. The standard InChI is InChI=1S/C15H18FN3O/c1-4-5-13-18-14(17)10(3)15(19-13)20-12-7-6-11(16)8-9(12)2/h6-8H,4-5H2,1-3H3,(H2,17,18,19). The summed E-state index contributed by atoms with van der Waals surface area (Å²) in [6.07, 6.45) is 1.67. The molecule has 0 saturated carbocycles. The van der Waals surface area contributed by atoms with Crippen LogP contribution in [0.25, 0.3) is 0 Å². The third-order valence-corrected chi connectivity index (χ3v) is 3.00. The van der Waals surface area contributed by atoms with Crippen LogP contribution < -0.4 is 10.5 Å². The monoisotopic (exact) mass is 275 g/mol. The molecule has 5 heteroatoms. The van der Waals surface area contributed by atoms with Crippen molar-refractivity contribution < 1.29 is 9.13 Å². The van der Waals surface area contributed by atoms with Crippen LogP contribution in [0.2, 0.25) is 0 Å². The van der Waals surface area contributed by atoms with E-state index in [1.807, 2.05) is 6.92 Å². The Bertz CT molecular complexity index is 629. The van der Waals surface area contributed by atoms with E-state index in [0.29, 0.717) is 34.4 Å². The maximum Gasteiger partial charge on any atom is 0.227 e. The number of nitrogens with two attached hydrogens (primary N) is 1. The van der Waals surface area contributed by atoms with Crippen molar-refractivity contribution in [2.45, 2.75) is 33.6 Å². The van der Waals surface area contributed by atoms with Gasteiger partial charge in [0.15, 0.2) is 0 Å². The third kappa shape index (κ3) is 3.04. The van der Waals surface area contributed by atoms with Gasteiger partial charge in [0.2, 0.25) is 5.88 Å². The predicted octanol–water partition coefficient (Wildman–Crippen LogP) is 3.56. The average molecular weight is 275 g/mol. The van der Waals surface area contributed by atoms with Crippen molar-refractivity contribution in [3.8, 4) is 11.6 Å². The van der Waals surface area contributed by atoms with E-state index in [1.165, 1.54) is 12.1 Å². The maximum atomic E-state index is 13.1. The summed E-state index contributed by atoms with van der Waals surface area (Å²) in [4.78, 5) is 8.60. The topological polar surface area (TPSA) is 61.0 Å². The minimum absolute atomic E-state index is 0.291. The van der Waals surface area contributed by atoms with Gasteiger partial charge in [-0.15, -0.1) is 0 Å². The number of ether oxygens (including phenoxy) is 1. The van der Waals surface area contributed by atoms with Crippen LogP contribution >= 0.6 is 0 Å². The number of rotatable bonds is 4. The van der Waals surface area contributed by atoms with Crippen LogP contribution in [0.5, 0.6) is 11.6 Å². The lowest BCUT2D eigenvalue weighted by Crippen LogP contribution is -2.05. The highest BCUT2D eigenvalue weighted by Gasteiger charge is 2.12. The van der Waals surface area contributed by atoms with Crippen molar-refractivity contribution in [1.82, 2.24) is 9.97 Å². The fourth-order valence-electron chi connectivity index (χ4n) is 1.82. The van der Waals surface area contributed by atoms with Crippen LogP contribution in [0.1, 0.15) is 30.3 Å². The molecule has 106 valence electrons. The molecule has 1 aromatic heterocycles. The Morgan fingerprint density at radius 1 is 1.25 bits per heavy atom. The molecule has 4 nitrogen and oxygen atoms in total. The molecule has 0 aliphatic heterocycles. The van der Waals surface area contributed by atoms with Gasteiger partial charge >= 0.3 is 0 Å². The van der Waals surface area contributed by atoms with E-state index >= 15 is 0 Å². The van der Waals surface area contributed by atoms with E-state index in [2.05, 4.69) is 9.97 Å². The van der Waals surface area contributed by atoms with Gasteiger partial charge in [0.25, 0.3) is 0 Å². The number of nitrogens with zero attached hydrogens (tertiary/aromatic N) is 2. The van der Waals surface area contributed by atoms with Crippen LogP contribution in [0.15, 0.2) is 18.2 Å². The summed E-state index contributed by atoms with van der Waals surface area (Å²) >= 11 is 0. The SMILES string of the molecule is CCCc1nc(N)c(C)c(Oc2ccc(F)cc2C)n1. The Morgan fingerprint density at radius 3 is 2.65 bits per heavy atom. The van der Waals surface area contributed by atoms with Gasteiger partial charge in [-0.3, -0.25) is 0 Å². The number of hydrogen-bond donors (Lipinski definition) is 1. The molecule has 2 rings (SSSR count). The summed E-state index contributed by atoms with van der Waals surface area (Å²) in [7, 11) is 0. The molecule has 0 fully saturated rings. The molecule has 1 aromatic carbocycles. The smallest absolute Gasteiger partial charge is 0.227 e. The first kappa shape index (κ1) is 14.2. The van der Waals surface area contributed by atoms with Crippen LogP contribution in [0.3, 0.4) is 0 Å². The molecular weight excluding hydrogens is 257 g/mol. The van der Waals surface area contributed by atoms with Crippen molar-refractivity contribution in [2.75, 3.05) is 5.73 Å². The second kappa shape index (κ2) is 5.86. The Balaban J connectivity index is 2.37. The van der Waals surface area contributed by atoms with E-state index in [0.717, 1.165) is 12.8 Å². The lowest BCUT2D eigenvalue weighted by Gasteiger charge is -2.12. The van der Waals surface area contributed by atoms with Crippen LogP contribution in [0.4, 0.5) is 10.2 Å². The van der Waals surface area contributed by atoms with E-state index in [-0.39, 0.29) is 5.82 Å². The molecule has 2 N–H and O–H groups in total. The molecule has 0 radical (unpaired) electrons. The second-order valence-corrected chi connectivity index (χ2v) is 4.72. The third-order valence-electron chi connectivity index (χ3n) is 3.00. The number of nitrogen functional groups attached to an aromatic ring is 1. The van der Waals surface area contributed by atoms with E-state index in [4.69, 9.17) is 10.5 Å². The lowest BCUT2D eigenvalue weighted by atomic mass is 10.2. The maximum absolute atomic E-state index is 13.1. The summed E-state index contributed by atoms with van der Waals surface area (Å²) in [6, 6.07) is 4.36. The number of benzene rings is 1. The van der Waals surface area contributed by atoms with Gasteiger partial charge in [0, 0.05) is 6.42 Å². The van der Waals surface area contributed by atoms with Crippen molar-refractivity contribution >= 4 is 5.82 Å². The number of halogens is 1. The van der Waals surface area contributed by atoms with Gasteiger partial charge < -0.3 is 10.5 Å². The van der Waals surface area contributed by atoms with E-state index in [1.54, 1.807) is 19.9 Å². The lowest BCUT2D eigenvalue weighted by molar-refractivity contribution is 0.449. The summed E-state index contributed by atoms with van der Waals surface area (Å²) in [5.41, 5.74) is 7.27. The highest BCUT2D eigenvalue weighted by molar-refractivity contribution is 5.46.